The summed E-state index contributed by atoms with van der Waals surface area (Å²) in [5.74, 6) is 1.49. The first kappa shape index (κ1) is 19.8. The summed E-state index contributed by atoms with van der Waals surface area (Å²) in [6.45, 7) is 4.74. The molecule has 0 atom stereocenters. The van der Waals surface area contributed by atoms with Gasteiger partial charge in [-0.15, -0.1) is 0 Å². The molecule has 0 radical (unpaired) electrons. The normalized spacial score (nSPS) is 10.9. The largest absolute Gasteiger partial charge is 0.366 e. The van der Waals surface area contributed by atoms with Gasteiger partial charge in [0.15, 0.2) is 0 Å². The van der Waals surface area contributed by atoms with Crippen molar-refractivity contribution >= 4 is 11.8 Å². The van der Waals surface area contributed by atoms with E-state index in [1.807, 2.05) is 24.3 Å². The summed E-state index contributed by atoms with van der Waals surface area (Å²) in [6, 6.07) is 20.6. The minimum absolute atomic E-state index is 0.660. The molecule has 1 aromatic heterocycles. The molecule has 2 N–H and O–H groups in total. The van der Waals surface area contributed by atoms with Crippen LogP contribution in [0.25, 0.3) is 11.3 Å². The maximum Gasteiger partial charge on any atom is 0.225 e. The summed E-state index contributed by atoms with van der Waals surface area (Å²) in [7, 11) is 4.17. The SMILES string of the molecule is Cc1ccccc1CNc1cc(-c2ccccc2)nc(NCCCN(C)C)n1. The van der Waals surface area contributed by atoms with E-state index in [-0.39, 0.29) is 0 Å². The fourth-order valence-electron chi connectivity index (χ4n) is 2.96. The topological polar surface area (TPSA) is 53.1 Å². The fourth-order valence-corrected chi connectivity index (χ4v) is 2.96. The van der Waals surface area contributed by atoms with E-state index in [1.54, 1.807) is 0 Å². The van der Waals surface area contributed by atoms with Crippen LogP contribution in [0.15, 0.2) is 60.7 Å². The van der Waals surface area contributed by atoms with Crippen molar-refractivity contribution in [2.24, 2.45) is 0 Å². The lowest BCUT2D eigenvalue weighted by molar-refractivity contribution is 0.405. The molecule has 0 aliphatic heterocycles. The quantitative estimate of drug-likeness (QED) is 0.542. The van der Waals surface area contributed by atoms with E-state index in [0.717, 1.165) is 43.1 Å². The molecule has 28 heavy (non-hydrogen) atoms. The van der Waals surface area contributed by atoms with E-state index >= 15 is 0 Å². The van der Waals surface area contributed by atoms with Crippen molar-refractivity contribution < 1.29 is 0 Å². The molecule has 0 fully saturated rings. The highest BCUT2D eigenvalue weighted by molar-refractivity contribution is 5.64. The van der Waals surface area contributed by atoms with Gasteiger partial charge in [0.2, 0.25) is 5.95 Å². The van der Waals surface area contributed by atoms with Crippen LogP contribution in [0.2, 0.25) is 0 Å². The van der Waals surface area contributed by atoms with Gasteiger partial charge in [-0.1, -0.05) is 54.6 Å². The van der Waals surface area contributed by atoms with Crippen molar-refractivity contribution in [1.29, 1.82) is 0 Å². The predicted molar refractivity (Wildman–Crippen MR) is 118 cm³/mol. The number of benzene rings is 2. The summed E-state index contributed by atoms with van der Waals surface area (Å²) in [5, 5.41) is 6.83. The third-order valence-electron chi connectivity index (χ3n) is 4.58. The molecule has 3 rings (SSSR count). The molecule has 1 heterocycles. The van der Waals surface area contributed by atoms with Gasteiger partial charge in [-0.25, -0.2) is 4.98 Å². The molecular weight excluding hydrogens is 346 g/mol. The van der Waals surface area contributed by atoms with E-state index in [0.29, 0.717) is 5.95 Å². The second-order valence-electron chi connectivity index (χ2n) is 7.19. The van der Waals surface area contributed by atoms with Crippen LogP contribution in [0, 0.1) is 6.92 Å². The predicted octanol–water partition coefficient (Wildman–Crippen LogP) is 4.43. The van der Waals surface area contributed by atoms with E-state index < -0.39 is 0 Å². The van der Waals surface area contributed by atoms with Gasteiger partial charge in [-0.3, -0.25) is 0 Å². The van der Waals surface area contributed by atoms with Gasteiger partial charge >= 0.3 is 0 Å². The number of aryl methyl sites for hydroxylation is 1. The summed E-state index contributed by atoms with van der Waals surface area (Å²) in [5.41, 5.74) is 4.54. The standard InChI is InChI=1S/C23H29N5/c1-18-10-7-8-13-20(18)17-25-22-16-21(19-11-5-4-6-12-19)26-23(27-22)24-14-9-15-28(2)3/h4-8,10-13,16H,9,14-15,17H2,1-3H3,(H2,24,25,26,27). The van der Waals surface area contributed by atoms with Crippen molar-refractivity contribution in [2.45, 2.75) is 19.9 Å². The van der Waals surface area contributed by atoms with E-state index in [1.165, 1.54) is 11.1 Å². The number of nitrogens with one attached hydrogen (secondary N) is 2. The van der Waals surface area contributed by atoms with Gasteiger partial charge in [0.1, 0.15) is 5.82 Å². The van der Waals surface area contributed by atoms with E-state index in [2.05, 4.69) is 77.9 Å². The zero-order chi connectivity index (χ0) is 19.8. The molecule has 0 aliphatic carbocycles. The summed E-state index contributed by atoms with van der Waals surface area (Å²) >= 11 is 0. The molecule has 146 valence electrons. The summed E-state index contributed by atoms with van der Waals surface area (Å²) < 4.78 is 0. The average Bonchev–Trinajstić information content (AvgIpc) is 2.71. The van der Waals surface area contributed by atoms with Crippen molar-refractivity contribution in [3.05, 3.63) is 71.8 Å². The molecule has 5 nitrogen and oxygen atoms in total. The number of hydrogen-bond acceptors (Lipinski definition) is 5. The Morgan fingerprint density at radius 3 is 2.39 bits per heavy atom. The molecule has 5 heteroatoms. The summed E-state index contributed by atoms with van der Waals surface area (Å²) in [6.07, 6.45) is 1.04. The molecule has 0 saturated carbocycles. The lowest BCUT2D eigenvalue weighted by Gasteiger charge is -2.13. The second kappa shape index (κ2) is 9.85. The minimum Gasteiger partial charge on any atom is -0.366 e. The molecule has 0 amide bonds. The van der Waals surface area contributed by atoms with Gasteiger partial charge < -0.3 is 15.5 Å². The van der Waals surface area contributed by atoms with E-state index in [4.69, 9.17) is 4.98 Å². The first-order chi connectivity index (χ1) is 13.6. The summed E-state index contributed by atoms with van der Waals surface area (Å²) in [4.78, 5) is 11.6. The first-order valence-corrected chi connectivity index (χ1v) is 9.73. The Bertz CT molecular complexity index is 877. The van der Waals surface area contributed by atoms with Gasteiger partial charge in [-0.2, -0.15) is 4.98 Å². The van der Waals surface area contributed by atoms with Crippen LogP contribution < -0.4 is 10.6 Å². The van der Waals surface area contributed by atoms with Gasteiger partial charge in [-0.05, 0) is 45.1 Å². The molecule has 0 unspecified atom stereocenters. The Hall–Kier alpha value is -2.92. The Morgan fingerprint density at radius 1 is 0.893 bits per heavy atom. The van der Waals surface area contributed by atoms with Crippen molar-refractivity contribution in [3.8, 4) is 11.3 Å². The maximum atomic E-state index is 4.72. The van der Waals surface area contributed by atoms with Crippen LogP contribution in [-0.4, -0.2) is 42.1 Å². The lowest BCUT2D eigenvalue weighted by atomic mass is 10.1. The smallest absolute Gasteiger partial charge is 0.225 e. The molecular formula is C23H29N5. The second-order valence-corrected chi connectivity index (χ2v) is 7.19. The highest BCUT2D eigenvalue weighted by Crippen LogP contribution is 2.22. The number of anilines is 2. The highest BCUT2D eigenvalue weighted by atomic mass is 15.1. The Labute approximate surface area is 167 Å². The monoisotopic (exact) mass is 375 g/mol. The van der Waals surface area contributed by atoms with Crippen molar-refractivity contribution in [3.63, 3.8) is 0 Å². The number of rotatable bonds is 9. The average molecular weight is 376 g/mol. The Balaban J connectivity index is 1.77. The number of aromatic nitrogens is 2. The third-order valence-corrected chi connectivity index (χ3v) is 4.58. The van der Waals surface area contributed by atoms with Crippen LogP contribution in [0.1, 0.15) is 17.5 Å². The first-order valence-electron chi connectivity index (χ1n) is 9.73. The fraction of sp³-hybridized carbons (Fsp3) is 0.304. The molecule has 0 saturated heterocycles. The van der Waals surface area contributed by atoms with Crippen molar-refractivity contribution in [1.82, 2.24) is 14.9 Å². The van der Waals surface area contributed by atoms with Crippen LogP contribution >= 0.6 is 0 Å². The van der Waals surface area contributed by atoms with E-state index in [9.17, 15) is 0 Å². The molecule has 2 aromatic carbocycles. The zero-order valence-electron chi connectivity index (χ0n) is 16.9. The van der Waals surface area contributed by atoms with Crippen LogP contribution in [-0.2, 0) is 6.54 Å². The zero-order valence-corrected chi connectivity index (χ0v) is 16.9. The number of nitrogens with zero attached hydrogens (tertiary/aromatic N) is 3. The maximum absolute atomic E-state index is 4.72. The third kappa shape index (κ3) is 5.79. The van der Waals surface area contributed by atoms with Gasteiger partial charge in [0.25, 0.3) is 0 Å². The number of hydrogen-bond donors (Lipinski definition) is 2. The highest BCUT2D eigenvalue weighted by Gasteiger charge is 2.07. The van der Waals surface area contributed by atoms with Crippen LogP contribution in [0.3, 0.4) is 0 Å². The molecule has 3 aromatic rings. The van der Waals surface area contributed by atoms with Crippen LogP contribution in [0.4, 0.5) is 11.8 Å². The lowest BCUT2D eigenvalue weighted by Crippen LogP contribution is -2.17. The molecule has 0 spiro atoms. The van der Waals surface area contributed by atoms with Gasteiger partial charge in [0.05, 0.1) is 5.69 Å². The Kier molecular flexibility index (Phi) is 6.98. The minimum atomic E-state index is 0.660. The van der Waals surface area contributed by atoms with Gasteiger partial charge in [0, 0.05) is 24.7 Å². The Morgan fingerprint density at radius 2 is 1.64 bits per heavy atom. The van der Waals surface area contributed by atoms with Crippen LogP contribution in [0.5, 0.6) is 0 Å². The van der Waals surface area contributed by atoms with Crippen molar-refractivity contribution in [2.75, 3.05) is 37.8 Å². The molecule has 0 bridgehead atoms. The molecule has 0 aliphatic rings.